The van der Waals surface area contributed by atoms with Gasteiger partial charge in [-0.2, -0.15) is 0 Å². The van der Waals surface area contributed by atoms with E-state index in [1.807, 2.05) is 95.5 Å². The Bertz CT molecular complexity index is 1100. The van der Waals surface area contributed by atoms with E-state index < -0.39 is 0 Å². The molecule has 4 N–H and O–H groups in total. The number of nitrogens with one attached hydrogen (secondary N) is 4. The van der Waals surface area contributed by atoms with E-state index in [9.17, 15) is 9.59 Å². The van der Waals surface area contributed by atoms with Gasteiger partial charge in [0.2, 0.25) is 11.8 Å². The van der Waals surface area contributed by atoms with Gasteiger partial charge in [-0.1, -0.05) is 125 Å². The van der Waals surface area contributed by atoms with Crippen molar-refractivity contribution in [2.45, 2.75) is 199 Å². The molecule has 0 aliphatic rings. The fourth-order valence-electron chi connectivity index (χ4n) is 3.22. The van der Waals surface area contributed by atoms with E-state index in [1.54, 1.807) is 0 Å². The van der Waals surface area contributed by atoms with Crippen LogP contribution in [0, 0.1) is 10.8 Å². The van der Waals surface area contributed by atoms with Crippen molar-refractivity contribution in [3.05, 3.63) is 35.4 Å². The second-order valence-electron chi connectivity index (χ2n) is 21.2. The van der Waals surface area contributed by atoms with Crippen LogP contribution in [0.1, 0.15) is 189 Å². The number of aromatic amines is 2. The maximum absolute atomic E-state index is 11.4. The Kier molecular flexibility index (Phi) is 16.2. The van der Waals surface area contributed by atoms with Crippen molar-refractivity contribution in [2.75, 3.05) is 0 Å². The summed E-state index contributed by atoms with van der Waals surface area (Å²) in [5.74, 6) is 2.34. The minimum atomic E-state index is -0.284. The summed E-state index contributed by atoms with van der Waals surface area (Å²) in [5.41, 5.74) is 2.16. The molecule has 0 aromatic carbocycles. The van der Waals surface area contributed by atoms with Crippen LogP contribution in [0.4, 0.5) is 0 Å². The number of amides is 2. The first-order valence-electron chi connectivity index (χ1n) is 17.4. The molecular weight excluding hydrogens is 596 g/mol. The summed E-state index contributed by atoms with van der Waals surface area (Å²) in [6.45, 7) is 49.5. The van der Waals surface area contributed by atoms with Gasteiger partial charge >= 0.3 is 0 Å². The summed E-state index contributed by atoms with van der Waals surface area (Å²) in [7, 11) is 0. The monoisotopic (exact) mass is 675 g/mol. The molecule has 2 aromatic rings. The highest BCUT2D eigenvalue weighted by atomic mass is 16.2. The largest absolute Gasteiger partial charge is 0.351 e. The highest BCUT2D eigenvalue weighted by Gasteiger charge is 2.26. The van der Waals surface area contributed by atoms with Gasteiger partial charge in [0.15, 0.2) is 0 Å². The topological polar surface area (TPSA) is 116 Å². The van der Waals surface area contributed by atoms with E-state index in [0.29, 0.717) is 0 Å². The molecule has 0 saturated heterocycles. The number of imidazole rings is 2. The van der Waals surface area contributed by atoms with Crippen LogP contribution < -0.4 is 10.6 Å². The molecule has 0 fully saturated rings. The van der Waals surface area contributed by atoms with Crippen molar-refractivity contribution in [3.8, 4) is 0 Å². The van der Waals surface area contributed by atoms with Crippen LogP contribution in [0.2, 0.25) is 0 Å². The molecule has 2 amide bonds. The Morgan fingerprint density at radius 2 is 0.667 bits per heavy atom. The molecule has 2 heterocycles. The lowest BCUT2D eigenvalue weighted by Gasteiger charge is -2.26. The number of carbonyl (C=O) groups is 2. The van der Waals surface area contributed by atoms with Crippen LogP contribution in [0.15, 0.2) is 12.4 Å². The number of hydrogen-bond donors (Lipinski definition) is 4. The lowest BCUT2D eigenvalue weighted by molar-refractivity contribution is -0.130. The minimum Gasteiger partial charge on any atom is -0.351 e. The van der Waals surface area contributed by atoms with Crippen LogP contribution >= 0.6 is 0 Å². The van der Waals surface area contributed by atoms with E-state index >= 15 is 0 Å². The summed E-state index contributed by atoms with van der Waals surface area (Å²) >= 11 is 0. The SMILES string of the molecule is CC(C)(C)NC(=O)C(C)(C)C.CC(C)(C)NC(=O)C(C)(C)C.CC(C)(C)c1cnc(C(C)(C)C)[nH]1.CC(C)(C)c1cnc(C(C)(C)C)[nH]1. The highest BCUT2D eigenvalue weighted by Crippen LogP contribution is 2.26. The maximum Gasteiger partial charge on any atom is 0.225 e. The Balaban J connectivity index is 0. The zero-order chi connectivity index (χ0) is 39.1. The average Bonchev–Trinajstić information content (AvgIpc) is 3.47. The van der Waals surface area contributed by atoms with Gasteiger partial charge in [-0.05, 0) is 41.5 Å². The van der Waals surface area contributed by atoms with Crippen molar-refractivity contribution in [3.63, 3.8) is 0 Å². The van der Waals surface area contributed by atoms with Gasteiger partial charge in [-0.15, -0.1) is 0 Å². The molecule has 0 aliphatic carbocycles. The second-order valence-corrected chi connectivity index (χ2v) is 21.2. The smallest absolute Gasteiger partial charge is 0.225 e. The van der Waals surface area contributed by atoms with Gasteiger partial charge in [0.05, 0.1) is 0 Å². The van der Waals surface area contributed by atoms with Gasteiger partial charge in [-0.3, -0.25) is 9.59 Å². The van der Waals surface area contributed by atoms with Crippen LogP contribution in [-0.2, 0) is 31.2 Å². The van der Waals surface area contributed by atoms with Crippen LogP contribution in [0.5, 0.6) is 0 Å². The number of H-pyrrole nitrogens is 2. The van der Waals surface area contributed by atoms with Gasteiger partial charge < -0.3 is 20.6 Å². The van der Waals surface area contributed by atoms with Crippen molar-refractivity contribution in [2.24, 2.45) is 10.8 Å². The Morgan fingerprint density at radius 3 is 0.750 bits per heavy atom. The van der Waals surface area contributed by atoms with Crippen LogP contribution in [0.3, 0.4) is 0 Å². The molecule has 8 nitrogen and oxygen atoms in total. The second kappa shape index (κ2) is 16.4. The number of carbonyl (C=O) groups excluding carboxylic acids is 2. The maximum atomic E-state index is 11.4. The van der Waals surface area contributed by atoms with Crippen molar-refractivity contribution >= 4 is 11.8 Å². The number of aromatic nitrogens is 4. The molecule has 0 saturated carbocycles. The van der Waals surface area contributed by atoms with E-state index in [1.165, 1.54) is 11.4 Å². The van der Waals surface area contributed by atoms with Crippen molar-refractivity contribution < 1.29 is 9.59 Å². The minimum absolute atomic E-state index is 0.102. The number of rotatable bonds is 0. The summed E-state index contributed by atoms with van der Waals surface area (Å²) in [6.07, 6.45) is 3.89. The zero-order valence-corrected chi connectivity index (χ0v) is 35.9. The third-order valence-corrected chi connectivity index (χ3v) is 6.53. The molecule has 0 atom stereocenters. The molecule has 0 spiro atoms. The number of hydrogen-bond acceptors (Lipinski definition) is 4. The van der Waals surface area contributed by atoms with Gasteiger partial charge in [0.1, 0.15) is 11.6 Å². The lowest BCUT2D eigenvalue weighted by Crippen LogP contribution is -2.46. The summed E-state index contributed by atoms with van der Waals surface area (Å²) in [4.78, 5) is 38.3. The van der Waals surface area contributed by atoms with E-state index in [2.05, 4.69) is 114 Å². The predicted octanol–water partition coefficient (Wildman–Crippen LogP) is 9.90. The molecule has 0 unspecified atom stereocenters. The summed E-state index contributed by atoms with van der Waals surface area (Å²) in [6, 6.07) is 0. The van der Waals surface area contributed by atoms with E-state index in [4.69, 9.17) is 0 Å². The molecule has 0 aliphatic heterocycles. The van der Waals surface area contributed by atoms with Crippen molar-refractivity contribution in [1.29, 1.82) is 0 Å². The third kappa shape index (κ3) is 20.7. The van der Waals surface area contributed by atoms with Gasteiger partial charge in [0, 0.05) is 67.3 Å². The summed E-state index contributed by atoms with van der Waals surface area (Å²) in [5, 5.41) is 5.84. The first-order chi connectivity index (χ1) is 20.7. The Hall–Kier alpha value is -2.64. The van der Waals surface area contributed by atoms with Crippen LogP contribution in [-0.4, -0.2) is 42.8 Å². The fraction of sp³-hybridized carbons (Fsp3) is 0.800. The molecular formula is C40H78N6O2. The fourth-order valence-corrected chi connectivity index (χ4v) is 3.22. The Labute approximate surface area is 296 Å². The standard InChI is InChI=1S/2C11H20N2.2C9H19NO/c2*1-10(2,3)8-7-12-9(13-8)11(4,5)6;2*1-8(2,3)7(11)10-9(4,5)6/h2*7H,1-6H3,(H,12,13);2*1-6H3,(H,10,11). The molecule has 2 rings (SSSR count). The molecule has 280 valence electrons. The number of nitrogens with zero attached hydrogens (tertiary/aromatic N) is 2. The van der Waals surface area contributed by atoms with Crippen molar-refractivity contribution in [1.82, 2.24) is 30.6 Å². The lowest BCUT2D eigenvalue weighted by atomic mass is 9.92. The third-order valence-electron chi connectivity index (χ3n) is 6.53. The van der Waals surface area contributed by atoms with Gasteiger partial charge in [-0.25, -0.2) is 9.97 Å². The molecule has 0 bridgehead atoms. The quantitative estimate of drug-likeness (QED) is 0.223. The molecule has 2 aromatic heterocycles. The highest BCUT2D eigenvalue weighted by molar-refractivity contribution is 5.82. The first-order valence-corrected chi connectivity index (χ1v) is 17.4. The molecule has 48 heavy (non-hydrogen) atoms. The van der Waals surface area contributed by atoms with E-state index in [-0.39, 0.29) is 55.4 Å². The zero-order valence-electron chi connectivity index (χ0n) is 35.9. The van der Waals surface area contributed by atoms with Gasteiger partial charge in [0.25, 0.3) is 0 Å². The van der Waals surface area contributed by atoms with E-state index in [0.717, 1.165) is 11.6 Å². The summed E-state index contributed by atoms with van der Waals surface area (Å²) < 4.78 is 0. The molecule has 8 heteroatoms. The average molecular weight is 675 g/mol. The molecule has 0 radical (unpaired) electrons. The van der Waals surface area contributed by atoms with Crippen LogP contribution in [0.25, 0.3) is 0 Å². The normalized spacial score (nSPS) is 13.2. The predicted molar refractivity (Wildman–Crippen MR) is 207 cm³/mol. The Morgan fingerprint density at radius 1 is 0.438 bits per heavy atom. The first kappa shape index (κ1) is 47.5.